The van der Waals surface area contributed by atoms with E-state index < -0.39 is 11.8 Å². The molecule has 0 saturated heterocycles. The molecule has 1 aromatic rings. The first-order chi connectivity index (χ1) is 8.45. The molecule has 1 rings (SSSR count). The van der Waals surface area contributed by atoms with Crippen molar-refractivity contribution < 1.29 is 18.7 Å². The minimum atomic E-state index is -0.807. The maximum absolute atomic E-state index is 13.3. The van der Waals surface area contributed by atoms with Gasteiger partial charge < -0.3 is 9.64 Å². The molecule has 0 heterocycles. The molecule has 0 unspecified atom stereocenters. The van der Waals surface area contributed by atoms with Crippen molar-refractivity contribution in [1.29, 1.82) is 0 Å². The summed E-state index contributed by atoms with van der Waals surface area (Å²) in [6, 6.07) is 3.58. The van der Waals surface area contributed by atoms with E-state index in [4.69, 9.17) is 0 Å². The summed E-state index contributed by atoms with van der Waals surface area (Å²) < 4.78 is 17.8. The maximum Gasteiger partial charge on any atom is 0.340 e. The molecule has 0 saturated carbocycles. The number of ether oxygens (including phenoxy) is 1. The number of methoxy groups -OCH3 is 1. The van der Waals surface area contributed by atoms with Crippen LogP contribution in [0.4, 0.5) is 4.39 Å². The van der Waals surface area contributed by atoms with Crippen LogP contribution in [0.15, 0.2) is 30.5 Å². The van der Waals surface area contributed by atoms with Crippen LogP contribution in [0, 0.1) is 5.82 Å². The minimum Gasteiger partial charge on any atom is -0.465 e. The van der Waals surface area contributed by atoms with Crippen molar-refractivity contribution in [3.63, 3.8) is 0 Å². The molecule has 5 heteroatoms. The van der Waals surface area contributed by atoms with Crippen LogP contribution in [0.5, 0.6) is 0 Å². The van der Waals surface area contributed by atoms with Crippen LogP contribution in [0.1, 0.15) is 20.7 Å². The average Bonchev–Trinajstić information content (AvgIpc) is 2.35. The van der Waals surface area contributed by atoms with Crippen molar-refractivity contribution in [3.8, 4) is 0 Å². The second kappa shape index (κ2) is 5.95. The lowest BCUT2D eigenvalue weighted by Gasteiger charge is -2.05. The lowest BCUT2D eigenvalue weighted by atomic mass is 10.1. The number of nitrogens with zero attached hydrogens (tertiary/aromatic N) is 1. The molecule has 0 aliphatic carbocycles. The number of halogens is 1. The van der Waals surface area contributed by atoms with Crippen molar-refractivity contribution in [2.24, 2.45) is 0 Å². The molecule has 0 atom stereocenters. The molecule has 0 spiro atoms. The number of esters is 1. The van der Waals surface area contributed by atoms with E-state index in [0.29, 0.717) is 0 Å². The highest BCUT2D eigenvalue weighted by molar-refractivity contribution is 6.05. The highest BCUT2D eigenvalue weighted by Gasteiger charge is 2.14. The van der Waals surface area contributed by atoms with Gasteiger partial charge in [0.05, 0.1) is 12.7 Å². The summed E-state index contributed by atoms with van der Waals surface area (Å²) in [4.78, 5) is 24.7. The van der Waals surface area contributed by atoms with Gasteiger partial charge in [-0.2, -0.15) is 0 Å². The van der Waals surface area contributed by atoms with E-state index in [2.05, 4.69) is 4.74 Å². The first-order valence-electron chi connectivity index (χ1n) is 5.22. The predicted molar refractivity (Wildman–Crippen MR) is 64.9 cm³/mol. The van der Waals surface area contributed by atoms with Crippen LogP contribution in [0.3, 0.4) is 0 Å². The summed E-state index contributed by atoms with van der Waals surface area (Å²) in [7, 11) is 4.70. The molecular formula is C13H14FNO3. The number of ketones is 1. The lowest BCUT2D eigenvalue weighted by Crippen LogP contribution is -2.07. The molecule has 0 fully saturated rings. The van der Waals surface area contributed by atoms with Gasteiger partial charge >= 0.3 is 5.97 Å². The Bertz CT molecular complexity index is 495. The van der Waals surface area contributed by atoms with Crippen LogP contribution in [0.25, 0.3) is 0 Å². The van der Waals surface area contributed by atoms with Gasteiger partial charge in [-0.3, -0.25) is 4.79 Å². The smallest absolute Gasteiger partial charge is 0.340 e. The molecule has 0 bridgehead atoms. The van der Waals surface area contributed by atoms with Gasteiger partial charge in [0.1, 0.15) is 5.82 Å². The molecular weight excluding hydrogens is 237 g/mol. The summed E-state index contributed by atoms with van der Waals surface area (Å²) >= 11 is 0. The third-order valence-electron chi connectivity index (χ3n) is 2.18. The summed E-state index contributed by atoms with van der Waals surface area (Å²) in [5, 5.41) is 0. The van der Waals surface area contributed by atoms with E-state index in [1.54, 1.807) is 25.2 Å². The third-order valence-corrected chi connectivity index (χ3v) is 2.18. The largest absolute Gasteiger partial charge is 0.465 e. The van der Waals surface area contributed by atoms with Gasteiger partial charge in [0.25, 0.3) is 0 Å². The van der Waals surface area contributed by atoms with Crippen molar-refractivity contribution in [1.82, 2.24) is 4.90 Å². The molecule has 0 aromatic heterocycles. The summed E-state index contributed by atoms with van der Waals surface area (Å²) in [5.41, 5.74) is -0.0171. The fraction of sp³-hybridized carbons (Fsp3) is 0.231. The Morgan fingerprint density at radius 1 is 1.33 bits per heavy atom. The fourth-order valence-corrected chi connectivity index (χ4v) is 1.26. The Kier molecular flexibility index (Phi) is 4.59. The first-order valence-corrected chi connectivity index (χ1v) is 5.22. The molecule has 18 heavy (non-hydrogen) atoms. The van der Waals surface area contributed by atoms with Gasteiger partial charge in [-0.25, -0.2) is 9.18 Å². The molecule has 0 N–H and O–H groups in total. The van der Waals surface area contributed by atoms with Crippen LogP contribution < -0.4 is 0 Å². The normalized spacial score (nSPS) is 10.4. The summed E-state index contributed by atoms with van der Waals surface area (Å²) in [5.74, 6) is -1.83. The quantitative estimate of drug-likeness (QED) is 0.465. The van der Waals surface area contributed by atoms with E-state index in [1.165, 1.54) is 18.2 Å². The Labute approximate surface area is 105 Å². The van der Waals surface area contributed by atoms with Crippen molar-refractivity contribution in [2.75, 3.05) is 21.2 Å². The van der Waals surface area contributed by atoms with Crippen LogP contribution in [-0.4, -0.2) is 37.9 Å². The lowest BCUT2D eigenvalue weighted by molar-refractivity contribution is 0.0595. The molecule has 0 aliphatic heterocycles. The van der Waals surface area contributed by atoms with Crippen LogP contribution >= 0.6 is 0 Å². The van der Waals surface area contributed by atoms with E-state index in [9.17, 15) is 14.0 Å². The number of hydrogen-bond acceptors (Lipinski definition) is 4. The van der Waals surface area contributed by atoms with Gasteiger partial charge in [0, 0.05) is 31.9 Å². The molecule has 96 valence electrons. The molecule has 0 radical (unpaired) electrons. The Hall–Kier alpha value is -2.17. The summed E-state index contributed by atoms with van der Waals surface area (Å²) in [6.45, 7) is 0. The van der Waals surface area contributed by atoms with E-state index >= 15 is 0 Å². The van der Waals surface area contributed by atoms with Gasteiger partial charge in [-0.05, 0) is 18.2 Å². The zero-order valence-corrected chi connectivity index (χ0v) is 10.4. The molecule has 0 aliphatic rings. The standard InChI is InChI=1S/C13H14FNO3/c1-15(2)7-6-12(16)9-4-5-11(14)10(8-9)13(17)18-3/h4-8H,1-3H3/b7-6+. The maximum atomic E-state index is 13.3. The Morgan fingerprint density at radius 3 is 2.56 bits per heavy atom. The average molecular weight is 251 g/mol. The first kappa shape index (κ1) is 13.9. The third kappa shape index (κ3) is 3.41. The number of rotatable bonds is 4. The summed E-state index contributed by atoms with van der Waals surface area (Å²) in [6.07, 6.45) is 2.91. The van der Waals surface area contributed by atoms with Crippen molar-refractivity contribution in [2.45, 2.75) is 0 Å². The fourth-order valence-electron chi connectivity index (χ4n) is 1.26. The zero-order chi connectivity index (χ0) is 13.7. The molecule has 4 nitrogen and oxygen atoms in total. The SMILES string of the molecule is COC(=O)c1cc(C(=O)/C=C/N(C)C)ccc1F. The topological polar surface area (TPSA) is 46.6 Å². The van der Waals surface area contributed by atoms with Crippen LogP contribution in [-0.2, 0) is 4.74 Å². The highest BCUT2D eigenvalue weighted by atomic mass is 19.1. The van der Waals surface area contributed by atoms with Gasteiger partial charge in [-0.1, -0.05) is 0 Å². The van der Waals surface area contributed by atoms with Gasteiger partial charge in [0.15, 0.2) is 5.78 Å². The monoisotopic (exact) mass is 251 g/mol. The van der Waals surface area contributed by atoms with Crippen LogP contribution in [0.2, 0.25) is 0 Å². The Balaban J connectivity index is 3.05. The second-order valence-electron chi connectivity index (χ2n) is 3.83. The van der Waals surface area contributed by atoms with Crippen molar-refractivity contribution in [3.05, 3.63) is 47.4 Å². The highest BCUT2D eigenvalue weighted by Crippen LogP contribution is 2.12. The van der Waals surface area contributed by atoms with E-state index in [1.807, 2.05) is 0 Å². The molecule has 0 amide bonds. The second-order valence-corrected chi connectivity index (χ2v) is 3.83. The Morgan fingerprint density at radius 2 is 2.00 bits per heavy atom. The van der Waals surface area contributed by atoms with Gasteiger partial charge in [-0.15, -0.1) is 0 Å². The zero-order valence-electron chi connectivity index (χ0n) is 10.4. The number of benzene rings is 1. The van der Waals surface area contributed by atoms with Gasteiger partial charge in [0.2, 0.25) is 0 Å². The number of hydrogen-bond donors (Lipinski definition) is 0. The van der Waals surface area contributed by atoms with E-state index in [-0.39, 0.29) is 16.9 Å². The van der Waals surface area contributed by atoms with Crippen molar-refractivity contribution >= 4 is 11.8 Å². The number of allylic oxidation sites excluding steroid dienone is 1. The van der Waals surface area contributed by atoms with E-state index in [0.717, 1.165) is 13.2 Å². The minimum absolute atomic E-state index is 0.231. The number of carbonyl (C=O) groups is 2. The predicted octanol–water partition coefficient (Wildman–Crippen LogP) is 1.87. The number of carbonyl (C=O) groups excluding carboxylic acids is 2. The molecule has 1 aromatic carbocycles.